The Labute approximate surface area is 174 Å². The summed E-state index contributed by atoms with van der Waals surface area (Å²) >= 11 is 0. The summed E-state index contributed by atoms with van der Waals surface area (Å²) in [5.41, 5.74) is -0.281. The third-order valence-corrected chi connectivity index (χ3v) is 6.27. The number of Topliss-reactive ketones (excluding diaryl/α,β-unsaturated/α-hetero) is 1. The van der Waals surface area contributed by atoms with Crippen molar-refractivity contribution in [2.45, 2.75) is 85.2 Å². The summed E-state index contributed by atoms with van der Waals surface area (Å²) < 4.78 is 5.97. The van der Waals surface area contributed by atoms with Crippen LogP contribution in [0.1, 0.15) is 79.1 Å². The van der Waals surface area contributed by atoms with Crippen molar-refractivity contribution in [1.29, 1.82) is 0 Å². The van der Waals surface area contributed by atoms with Crippen LogP contribution in [0.25, 0.3) is 0 Å². The molecule has 0 aromatic rings. The van der Waals surface area contributed by atoms with Gasteiger partial charge in [0.25, 0.3) is 5.91 Å². The molecule has 0 radical (unpaired) electrons. The summed E-state index contributed by atoms with van der Waals surface area (Å²) in [7, 11) is 0. The molecule has 1 N–H and O–H groups in total. The third kappa shape index (κ3) is 6.14. The van der Waals surface area contributed by atoms with Gasteiger partial charge in [-0.25, -0.2) is 0 Å². The van der Waals surface area contributed by atoms with Crippen LogP contribution in [0.5, 0.6) is 0 Å². The van der Waals surface area contributed by atoms with Crippen LogP contribution >= 0.6 is 0 Å². The van der Waals surface area contributed by atoms with E-state index in [1.807, 2.05) is 0 Å². The van der Waals surface area contributed by atoms with Crippen LogP contribution in [0.2, 0.25) is 0 Å². The van der Waals surface area contributed by atoms with Gasteiger partial charge in [-0.2, -0.15) is 0 Å². The highest BCUT2D eigenvalue weighted by atomic mass is 16.5. The van der Waals surface area contributed by atoms with Crippen LogP contribution in [0.4, 0.5) is 0 Å². The van der Waals surface area contributed by atoms with Gasteiger partial charge in [0.05, 0.1) is 12.6 Å². The maximum atomic E-state index is 12.6. The Balaban J connectivity index is 1.99. The van der Waals surface area contributed by atoms with Crippen LogP contribution in [-0.2, 0) is 19.1 Å². The molecule has 6 heteroatoms. The van der Waals surface area contributed by atoms with Gasteiger partial charge in [-0.3, -0.25) is 19.3 Å². The van der Waals surface area contributed by atoms with E-state index in [2.05, 4.69) is 27.7 Å². The van der Waals surface area contributed by atoms with Gasteiger partial charge >= 0.3 is 0 Å². The molecule has 2 aliphatic rings. The molecule has 6 nitrogen and oxygen atoms in total. The molecule has 1 aliphatic carbocycles. The van der Waals surface area contributed by atoms with Gasteiger partial charge in [0.1, 0.15) is 17.9 Å². The molecule has 29 heavy (non-hydrogen) atoms. The molecule has 2 fully saturated rings. The topological polar surface area (TPSA) is 83.9 Å². The van der Waals surface area contributed by atoms with Crippen LogP contribution in [0, 0.1) is 17.8 Å². The van der Waals surface area contributed by atoms with E-state index >= 15 is 0 Å². The summed E-state index contributed by atoms with van der Waals surface area (Å²) in [4.78, 5) is 38.2. The molecule has 2 amide bonds. The lowest BCUT2D eigenvalue weighted by Gasteiger charge is -2.37. The number of imide groups is 1. The molecule has 1 heterocycles. The number of ketones is 1. The van der Waals surface area contributed by atoms with Crippen molar-refractivity contribution >= 4 is 17.6 Å². The number of amides is 2. The number of carbonyl (C=O) groups excluding carboxylic acids is 3. The second-order valence-corrected chi connectivity index (χ2v) is 9.02. The normalized spacial score (nSPS) is 27.1. The van der Waals surface area contributed by atoms with Gasteiger partial charge in [0, 0.05) is 6.42 Å². The maximum Gasteiger partial charge on any atom is 0.268 e. The Hall–Kier alpha value is -1.69. The summed E-state index contributed by atoms with van der Waals surface area (Å²) in [5.74, 6) is -0.450. The largest absolute Gasteiger partial charge is 0.509 e. The fourth-order valence-electron chi connectivity index (χ4n) is 4.44. The zero-order valence-electron chi connectivity index (χ0n) is 18.4. The SMILES string of the molecule is CCCCCCC(=O)N1CC(=O)/C(=C(/O)CO[C@H]2C[C@@H](C)CC[C@@H]2C(C)C)C1=O. The highest BCUT2D eigenvalue weighted by molar-refractivity contribution is 6.29. The van der Waals surface area contributed by atoms with Crippen molar-refractivity contribution in [3.63, 3.8) is 0 Å². The number of aliphatic hydroxyl groups is 1. The van der Waals surface area contributed by atoms with E-state index in [1.54, 1.807) is 0 Å². The molecule has 0 unspecified atom stereocenters. The van der Waals surface area contributed by atoms with E-state index in [0.29, 0.717) is 24.2 Å². The number of aliphatic hydroxyl groups excluding tert-OH is 1. The van der Waals surface area contributed by atoms with Crippen LogP contribution in [0.3, 0.4) is 0 Å². The minimum Gasteiger partial charge on any atom is -0.509 e. The van der Waals surface area contributed by atoms with E-state index < -0.39 is 11.7 Å². The first-order valence-electron chi connectivity index (χ1n) is 11.2. The number of ether oxygens (including phenoxy) is 1. The lowest BCUT2D eigenvalue weighted by Crippen LogP contribution is -2.35. The third-order valence-electron chi connectivity index (χ3n) is 6.27. The van der Waals surface area contributed by atoms with Crippen LogP contribution in [0.15, 0.2) is 11.3 Å². The molecular formula is C23H37NO5. The summed E-state index contributed by atoms with van der Waals surface area (Å²) in [6.07, 6.45) is 7.15. The highest BCUT2D eigenvalue weighted by Gasteiger charge is 2.40. The molecule has 1 saturated carbocycles. The molecule has 0 bridgehead atoms. The average Bonchev–Trinajstić information content (AvgIpc) is 2.97. The number of likely N-dealkylation sites (tertiary alicyclic amines) is 1. The summed E-state index contributed by atoms with van der Waals surface area (Å²) in [6.45, 7) is 8.18. The second kappa shape index (κ2) is 10.9. The molecular weight excluding hydrogens is 370 g/mol. The van der Waals surface area contributed by atoms with Crippen LogP contribution in [-0.4, -0.2) is 46.9 Å². The molecule has 1 saturated heterocycles. The van der Waals surface area contributed by atoms with Crippen LogP contribution < -0.4 is 0 Å². The first-order chi connectivity index (χ1) is 13.8. The molecule has 0 aromatic heterocycles. The minimum atomic E-state index is -0.686. The number of hydrogen-bond donors (Lipinski definition) is 1. The van der Waals surface area contributed by atoms with Crippen molar-refractivity contribution in [3.8, 4) is 0 Å². The van der Waals surface area contributed by atoms with E-state index in [0.717, 1.165) is 37.0 Å². The predicted octanol–water partition coefficient (Wildman–Crippen LogP) is 4.18. The fourth-order valence-corrected chi connectivity index (χ4v) is 4.44. The zero-order chi connectivity index (χ0) is 21.6. The second-order valence-electron chi connectivity index (χ2n) is 9.02. The van der Waals surface area contributed by atoms with Gasteiger partial charge in [0.2, 0.25) is 5.91 Å². The Morgan fingerprint density at radius 3 is 2.59 bits per heavy atom. The lowest BCUT2D eigenvalue weighted by molar-refractivity contribution is -0.141. The number of nitrogens with zero attached hydrogens (tertiary/aromatic N) is 1. The van der Waals surface area contributed by atoms with Crippen molar-refractivity contribution in [2.24, 2.45) is 17.8 Å². The Bertz CT molecular complexity index is 639. The van der Waals surface area contributed by atoms with Gasteiger partial charge in [-0.1, -0.05) is 53.4 Å². The zero-order valence-corrected chi connectivity index (χ0v) is 18.4. The Morgan fingerprint density at radius 1 is 1.21 bits per heavy atom. The van der Waals surface area contributed by atoms with Crippen molar-refractivity contribution in [2.75, 3.05) is 13.2 Å². The summed E-state index contributed by atoms with van der Waals surface area (Å²) in [6, 6.07) is 0. The van der Waals surface area contributed by atoms with Crippen molar-refractivity contribution in [3.05, 3.63) is 11.3 Å². The Kier molecular flexibility index (Phi) is 8.87. The standard InChI is InChI=1S/C23H37NO5/c1-5-6-7-8-9-21(27)24-13-18(25)22(23(24)28)19(26)14-29-20-12-16(4)10-11-17(20)15(2)3/h15-17,20,26H,5-14H2,1-4H3/b22-19-/t16-,17+,20-/m0/s1. The first kappa shape index (κ1) is 23.6. The molecule has 3 atom stereocenters. The minimum absolute atomic E-state index is 0.00408. The predicted molar refractivity (Wildman–Crippen MR) is 111 cm³/mol. The molecule has 164 valence electrons. The number of hydrogen-bond acceptors (Lipinski definition) is 5. The van der Waals surface area contributed by atoms with E-state index in [1.165, 1.54) is 6.42 Å². The monoisotopic (exact) mass is 407 g/mol. The van der Waals surface area contributed by atoms with E-state index in [-0.39, 0.29) is 42.9 Å². The first-order valence-corrected chi connectivity index (χ1v) is 11.2. The average molecular weight is 408 g/mol. The van der Waals surface area contributed by atoms with E-state index in [9.17, 15) is 19.5 Å². The molecule has 0 spiro atoms. The van der Waals surface area contributed by atoms with Gasteiger partial charge in [0.15, 0.2) is 5.78 Å². The Morgan fingerprint density at radius 2 is 1.93 bits per heavy atom. The smallest absolute Gasteiger partial charge is 0.268 e. The number of carbonyl (C=O) groups is 3. The maximum absolute atomic E-state index is 12.6. The molecule has 0 aromatic carbocycles. The fraction of sp³-hybridized carbons (Fsp3) is 0.783. The number of unbranched alkanes of at least 4 members (excludes halogenated alkanes) is 3. The quantitative estimate of drug-likeness (QED) is 0.268. The van der Waals surface area contributed by atoms with E-state index in [4.69, 9.17) is 4.74 Å². The number of rotatable bonds is 9. The van der Waals surface area contributed by atoms with Gasteiger partial charge in [-0.05, 0) is 37.0 Å². The van der Waals surface area contributed by atoms with Crippen molar-refractivity contribution in [1.82, 2.24) is 4.90 Å². The summed E-state index contributed by atoms with van der Waals surface area (Å²) in [5, 5.41) is 10.4. The molecule has 2 rings (SSSR count). The highest BCUT2D eigenvalue weighted by Crippen LogP contribution is 2.35. The van der Waals surface area contributed by atoms with Gasteiger partial charge < -0.3 is 9.84 Å². The molecule has 1 aliphatic heterocycles. The van der Waals surface area contributed by atoms with Crippen molar-refractivity contribution < 1.29 is 24.2 Å². The lowest BCUT2D eigenvalue weighted by atomic mass is 9.75. The van der Waals surface area contributed by atoms with Gasteiger partial charge in [-0.15, -0.1) is 0 Å².